The first-order valence-corrected chi connectivity index (χ1v) is 5.48. The lowest BCUT2D eigenvalue weighted by Gasteiger charge is -2.23. The summed E-state index contributed by atoms with van der Waals surface area (Å²) < 4.78 is 22.4. The first-order chi connectivity index (χ1) is 8.07. The molecule has 0 aromatic heterocycles. The van der Waals surface area contributed by atoms with Crippen LogP contribution in [-0.4, -0.2) is 48.4 Å². The van der Waals surface area contributed by atoms with Crippen LogP contribution in [0.15, 0.2) is 17.8 Å². The van der Waals surface area contributed by atoms with Crippen LogP contribution in [0, 0.1) is 0 Å². The highest BCUT2D eigenvalue weighted by Crippen LogP contribution is 2.38. The van der Waals surface area contributed by atoms with Gasteiger partial charge in [0.15, 0.2) is 12.1 Å². The summed E-state index contributed by atoms with van der Waals surface area (Å²) in [6, 6.07) is 0. The maximum absolute atomic E-state index is 8.57. The Balaban J connectivity index is 2.08. The summed E-state index contributed by atoms with van der Waals surface area (Å²) in [5, 5.41) is 11.5. The highest BCUT2D eigenvalue weighted by atomic mass is 16.8. The Morgan fingerprint density at radius 1 is 1.47 bits per heavy atom. The summed E-state index contributed by atoms with van der Waals surface area (Å²) in [7, 11) is 0. The second-order valence-corrected chi connectivity index (χ2v) is 4.42. The minimum atomic E-state index is -0.688. The maximum Gasteiger partial charge on any atom is 0.190 e. The molecule has 0 saturated carbocycles. The van der Waals surface area contributed by atoms with Crippen molar-refractivity contribution < 1.29 is 24.2 Å². The summed E-state index contributed by atoms with van der Waals surface area (Å²) in [6.07, 6.45) is 1.24. The minimum absolute atomic E-state index is 0.326. The second kappa shape index (κ2) is 4.73. The van der Waals surface area contributed by atoms with Gasteiger partial charge in [0.2, 0.25) is 0 Å². The molecule has 2 rings (SSSR count). The van der Waals surface area contributed by atoms with E-state index in [1.165, 1.54) is 6.21 Å². The summed E-state index contributed by atoms with van der Waals surface area (Å²) in [5.41, 5.74) is 0. The van der Waals surface area contributed by atoms with Crippen LogP contribution in [0.5, 0.6) is 0 Å². The van der Waals surface area contributed by atoms with Gasteiger partial charge in [-0.3, -0.25) is 0 Å². The smallest absolute Gasteiger partial charge is 0.190 e. The quantitative estimate of drug-likeness (QED) is 0.344. The monoisotopic (exact) mass is 243 g/mol. The normalized spacial score (nSPS) is 39.6. The molecule has 0 aromatic carbocycles. The van der Waals surface area contributed by atoms with Crippen LogP contribution in [-0.2, 0) is 18.9 Å². The molecule has 2 heterocycles. The minimum Gasteiger partial charge on any atom is -0.411 e. The van der Waals surface area contributed by atoms with Crippen molar-refractivity contribution in [3.8, 4) is 0 Å². The van der Waals surface area contributed by atoms with Gasteiger partial charge in [-0.25, -0.2) is 0 Å². The molecule has 17 heavy (non-hydrogen) atoms. The van der Waals surface area contributed by atoms with Crippen molar-refractivity contribution in [1.82, 2.24) is 0 Å². The van der Waals surface area contributed by atoms with Crippen molar-refractivity contribution in [1.29, 1.82) is 0 Å². The van der Waals surface area contributed by atoms with E-state index in [0.29, 0.717) is 6.61 Å². The zero-order valence-electron chi connectivity index (χ0n) is 9.91. The van der Waals surface area contributed by atoms with Gasteiger partial charge in [0, 0.05) is 0 Å². The highest BCUT2D eigenvalue weighted by Gasteiger charge is 2.55. The lowest BCUT2D eigenvalue weighted by atomic mass is 10.1. The maximum atomic E-state index is 8.57. The second-order valence-electron chi connectivity index (χ2n) is 4.42. The molecule has 0 amide bonds. The average molecular weight is 243 g/mol. The zero-order chi connectivity index (χ0) is 12.5. The van der Waals surface area contributed by atoms with Crippen LogP contribution in [0.25, 0.3) is 0 Å². The SMILES string of the molecule is C=CCO[C@@H]1[C@H]2OC(C)(C)O[C@H]2O[C@@H]1/C=N/O. The van der Waals surface area contributed by atoms with Crippen molar-refractivity contribution in [3.05, 3.63) is 12.7 Å². The summed E-state index contributed by atoms with van der Waals surface area (Å²) in [4.78, 5) is 0. The molecule has 0 radical (unpaired) electrons. The first kappa shape index (κ1) is 12.5. The Morgan fingerprint density at radius 3 is 2.88 bits per heavy atom. The van der Waals surface area contributed by atoms with E-state index in [0.717, 1.165) is 0 Å². The van der Waals surface area contributed by atoms with Crippen LogP contribution in [0.1, 0.15) is 13.8 Å². The lowest BCUT2D eigenvalue weighted by Crippen LogP contribution is -2.37. The highest BCUT2D eigenvalue weighted by molar-refractivity contribution is 5.64. The summed E-state index contributed by atoms with van der Waals surface area (Å²) in [6.45, 7) is 7.59. The molecule has 96 valence electrons. The molecule has 0 aliphatic carbocycles. The topological polar surface area (TPSA) is 69.5 Å². The van der Waals surface area contributed by atoms with Crippen molar-refractivity contribution in [2.45, 2.75) is 44.2 Å². The van der Waals surface area contributed by atoms with Gasteiger partial charge in [-0.15, -0.1) is 6.58 Å². The van der Waals surface area contributed by atoms with Gasteiger partial charge in [0.25, 0.3) is 0 Å². The molecule has 4 atom stereocenters. The Labute approximate surface area is 99.8 Å². The van der Waals surface area contributed by atoms with Gasteiger partial charge in [0.1, 0.15) is 18.3 Å². The standard InChI is InChI=1S/C11H17NO5/c1-4-5-14-8-7(6-12-13)15-10-9(8)16-11(2,3)17-10/h4,6-10,13H,1,5H2,2-3H3/b12-6+/t7-,8+,9-,10-/m1/s1. The fraction of sp³-hybridized carbons (Fsp3) is 0.727. The van der Waals surface area contributed by atoms with E-state index in [4.69, 9.17) is 24.2 Å². The molecule has 6 nitrogen and oxygen atoms in total. The van der Waals surface area contributed by atoms with Gasteiger partial charge in [-0.2, -0.15) is 0 Å². The van der Waals surface area contributed by atoms with Crippen LogP contribution < -0.4 is 0 Å². The molecule has 0 unspecified atom stereocenters. The van der Waals surface area contributed by atoms with Gasteiger partial charge < -0.3 is 24.2 Å². The molecule has 6 heteroatoms. The van der Waals surface area contributed by atoms with Gasteiger partial charge >= 0.3 is 0 Å². The average Bonchev–Trinajstić information content (AvgIpc) is 2.68. The molecule has 2 fully saturated rings. The fourth-order valence-corrected chi connectivity index (χ4v) is 2.06. The Morgan fingerprint density at radius 2 is 2.24 bits per heavy atom. The van der Waals surface area contributed by atoms with E-state index in [1.54, 1.807) is 6.08 Å². The molecular weight excluding hydrogens is 226 g/mol. The van der Waals surface area contributed by atoms with E-state index < -0.39 is 18.2 Å². The van der Waals surface area contributed by atoms with Gasteiger partial charge in [0.05, 0.1) is 12.8 Å². The molecule has 0 aromatic rings. The number of hydrogen-bond acceptors (Lipinski definition) is 6. The van der Waals surface area contributed by atoms with Gasteiger partial charge in [-0.1, -0.05) is 11.2 Å². The van der Waals surface area contributed by atoms with Crippen molar-refractivity contribution in [2.24, 2.45) is 5.16 Å². The Kier molecular flexibility index (Phi) is 3.48. The third-order valence-corrected chi connectivity index (χ3v) is 2.65. The zero-order valence-corrected chi connectivity index (χ0v) is 9.91. The molecule has 0 bridgehead atoms. The number of hydrogen-bond donors (Lipinski definition) is 1. The number of rotatable bonds is 4. The number of nitrogens with zero attached hydrogens (tertiary/aromatic N) is 1. The van der Waals surface area contributed by atoms with Crippen molar-refractivity contribution >= 4 is 6.21 Å². The molecule has 2 aliphatic heterocycles. The molecule has 0 spiro atoms. The predicted molar refractivity (Wildman–Crippen MR) is 58.9 cm³/mol. The van der Waals surface area contributed by atoms with E-state index in [-0.39, 0.29) is 12.2 Å². The van der Waals surface area contributed by atoms with Gasteiger partial charge in [-0.05, 0) is 13.8 Å². The Bertz CT molecular complexity index is 317. The van der Waals surface area contributed by atoms with E-state index in [9.17, 15) is 0 Å². The number of oxime groups is 1. The number of fused-ring (bicyclic) bond motifs is 1. The summed E-state index contributed by atoms with van der Waals surface area (Å²) in [5.74, 6) is -0.688. The third kappa shape index (κ3) is 2.50. The largest absolute Gasteiger partial charge is 0.411 e. The first-order valence-electron chi connectivity index (χ1n) is 5.48. The third-order valence-electron chi connectivity index (χ3n) is 2.65. The van der Waals surface area contributed by atoms with E-state index in [2.05, 4.69) is 11.7 Å². The fourth-order valence-electron chi connectivity index (χ4n) is 2.06. The molecule has 2 saturated heterocycles. The van der Waals surface area contributed by atoms with Crippen LogP contribution in [0.4, 0.5) is 0 Å². The Hall–Kier alpha value is -0.950. The van der Waals surface area contributed by atoms with Crippen molar-refractivity contribution in [2.75, 3.05) is 6.61 Å². The van der Waals surface area contributed by atoms with Crippen LogP contribution in [0.2, 0.25) is 0 Å². The van der Waals surface area contributed by atoms with E-state index in [1.807, 2.05) is 13.8 Å². The molecule has 1 N–H and O–H groups in total. The summed E-state index contributed by atoms with van der Waals surface area (Å²) >= 11 is 0. The number of ether oxygens (including phenoxy) is 4. The van der Waals surface area contributed by atoms with Crippen LogP contribution in [0.3, 0.4) is 0 Å². The van der Waals surface area contributed by atoms with Crippen molar-refractivity contribution in [3.63, 3.8) is 0 Å². The van der Waals surface area contributed by atoms with E-state index >= 15 is 0 Å². The predicted octanol–water partition coefficient (Wildman–Crippen LogP) is 0.894. The van der Waals surface area contributed by atoms with Crippen LogP contribution >= 0.6 is 0 Å². The lowest BCUT2D eigenvalue weighted by molar-refractivity contribution is -0.208. The molecular formula is C11H17NO5. The molecule has 2 aliphatic rings.